The highest BCUT2D eigenvalue weighted by atomic mass is 16.2. The molecule has 0 unspecified atom stereocenters. The van der Waals surface area contributed by atoms with Crippen LogP contribution in [0.3, 0.4) is 0 Å². The summed E-state index contributed by atoms with van der Waals surface area (Å²) in [6.45, 7) is -4.59. The Kier molecular flexibility index (Phi) is 2.82. The second-order valence-electron chi connectivity index (χ2n) is 7.31. The van der Waals surface area contributed by atoms with E-state index >= 15 is 0 Å². The molecule has 0 fully saturated rings. The molecule has 2 aromatic rings. The van der Waals surface area contributed by atoms with Gasteiger partial charge in [-0.05, 0) is 49.9 Å². The Hall–Kier alpha value is -2.40. The fourth-order valence-electron chi connectivity index (χ4n) is 4.26. The van der Waals surface area contributed by atoms with Gasteiger partial charge < -0.3 is 4.90 Å². The number of carbonyl (C=O) groups is 2. The second kappa shape index (κ2) is 7.21. The van der Waals surface area contributed by atoms with Crippen LogP contribution in [0.15, 0.2) is 30.4 Å². The minimum Gasteiger partial charge on any atom is -0.343 e. The third kappa shape index (κ3) is 2.80. The van der Waals surface area contributed by atoms with E-state index in [9.17, 15) is 9.59 Å². The number of benzene rings is 1. The molecule has 0 spiro atoms. The van der Waals surface area contributed by atoms with Gasteiger partial charge in [0.15, 0.2) is 0 Å². The van der Waals surface area contributed by atoms with Crippen LogP contribution in [0.25, 0.3) is 16.5 Å². The van der Waals surface area contributed by atoms with Crippen LogP contribution in [0.2, 0.25) is 0 Å². The Balaban J connectivity index is 1.87. The first-order valence-electron chi connectivity index (χ1n) is 13.9. The van der Waals surface area contributed by atoms with E-state index < -0.39 is 38.6 Å². The van der Waals surface area contributed by atoms with Crippen LogP contribution in [-0.2, 0) is 11.2 Å². The molecule has 1 aliphatic carbocycles. The third-order valence-electron chi connectivity index (χ3n) is 5.71. The SMILES string of the molecule is [2H]c1cc2c3c(c([2H])n(C(=O)CC)c3c1[2H])C[C@@H]1C2=C[C@@H](C(=O)N(CC([2H])([2H])[2H])CC([2H])([2H])[2H])CN1C. The van der Waals surface area contributed by atoms with E-state index in [0.717, 1.165) is 4.90 Å². The minimum absolute atomic E-state index is 0.00520. The van der Waals surface area contributed by atoms with E-state index in [-0.39, 0.29) is 48.7 Å². The Morgan fingerprint density at radius 2 is 2.14 bits per heavy atom. The van der Waals surface area contributed by atoms with Gasteiger partial charge in [0.05, 0.1) is 15.5 Å². The zero-order valence-electron chi connectivity index (χ0n) is 25.0. The minimum atomic E-state index is -2.54. The molecule has 0 saturated heterocycles. The molecule has 2 aliphatic rings. The van der Waals surface area contributed by atoms with Crippen molar-refractivity contribution in [2.24, 2.45) is 5.92 Å². The van der Waals surface area contributed by atoms with Gasteiger partial charge in [-0.15, -0.1) is 0 Å². The summed E-state index contributed by atoms with van der Waals surface area (Å²) >= 11 is 0. The predicted molar refractivity (Wildman–Crippen MR) is 112 cm³/mol. The van der Waals surface area contributed by atoms with Gasteiger partial charge in [-0.2, -0.15) is 0 Å². The standard InChI is InChI=1S/C23H29N3O2/c1-5-21(27)26-14-15-12-20-18(17-9-8-10-19(26)22(15)17)11-16(13-24(20)4)23(28)25(6-2)7-3/h8-11,14,16,20H,5-7,12-13H2,1-4H3/t16-,20-/m1/s1/i2D3,3D3,8D,10D,14D. The summed E-state index contributed by atoms with van der Waals surface area (Å²) in [5, 5.41) is 0.540. The van der Waals surface area contributed by atoms with Gasteiger partial charge in [0.25, 0.3) is 0 Å². The summed E-state index contributed by atoms with van der Waals surface area (Å²) in [5.41, 5.74) is 2.05. The van der Waals surface area contributed by atoms with E-state index in [4.69, 9.17) is 12.3 Å². The Morgan fingerprint density at radius 1 is 1.36 bits per heavy atom. The van der Waals surface area contributed by atoms with Crippen molar-refractivity contribution in [2.45, 2.75) is 39.5 Å². The summed E-state index contributed by atoms with van der Waals surface area (Å²) in [6.07, 6.45) is 2.18. The molecule has 2 atom stereocenters. The number of fused-ring (bicyclic) bond motifs is 2. The van der Waals surface area contributed by atoms with Crippen molar-refractivity contribution < 1.29 is 21.9 Å². The van der Waals surface area contributed by atoms with Crippen molar-refractivity contribution in [1.29, 1.82) is 0 Å². The molecule has 28 heavy (non-hydrogen) atoms. The number of likely N-dealkylation sites (N-methyl/N-ethyl adjacent to an activating group) is 1. The average molecular weight is 389 g/mol. The molecule has 0 bridgehead atoms. The van der Waals surface area contributed by atoms with E-state index in [2.05, 4.69) is 0 Å². The molecule has 0 radical (unpaired) electrons. The molecule has 0 saturated carbocycles. The van der Waals surface area contributed by atoms with Gasteiger partial charge in [0.1, 0.15) is 0 Å². The molecule has 1 aromatic carbocycles. The summed E-state index contributed by atoms with van der Waals surface area (Å²) in [7, 11) is 1.79. The van der Waals surface area contributed by atoms with Crippen LogP contribution < -0.4 is 0 Å². The number of aromatic nitrogens is 1. The number of carbonyl (C=O) groups excluding carboxylic acids is 2. The fraction of sp³-hybridized carbons (Fsp3) is 0.478. The summed E-state index contributed by atoms with van der Waals surface area (Å²) < 4.78 is 72.2. The second-order valence-corrected chi connectivity index (χ2v) is 7.31. The lowest BCUT2D eigenvalue weighted by atomic mass is 9.79. The molecular weight excluding hydrogens is 350 g/mol. The lowest BCUT2D eigenvalue weighted by molar-refractivity contribution is -0.134. The average Bonchev–Trinajstić information content (AvgIpc) is 3.07. The molecule has 0 N–H and O–H groups in total. The van der Waals surface area contributed by atoms with Gasteiger partial charge in [0.2, 0.25) is 11.8 Å². The highest BCUT2D eigenvalue weighted by molar-refractivity contribution is 6.03. The molecule has 1 amide bonds. The van der Waals surface area contributed by atoms with E-state index in [0.29, 0.717) is 28.5 Å². The Labute approximate surface area is 179 Å². The summed E-state index contributed by atoms with van der Waals surface area (Å²) in [6, 6.07) is 0.958. The zero-order chi connectivity index (χ0) is 27.6. The molecule has 5 nitrogen and oxygen atoms in total. The van der Waals surface area contributed by atoms with Gasteiger partial charge in [0, 0.05) is 51.9 Å². The van der Waals surface area contributed by atoms with Crippen molar-refractivity contribution >= 4 is 28.3 Å². The van der Waals surface area contributed by atoms with Crippen LogP contribution in [0.4, 0.5) is 0 Å². The predicted octanol–water partition coefficient (Wildman–Crippen LogP) is 3.43. The van der Waals surface area contributed by atoms with Gasteiger partial charge in [-0.25, -0.2) is 0 Å². The highest BCUT2D eigenvalue weighted by Crippen LogP contribution is 2.41. The molecule has 148 valence electrons. The lowest BCUT2D eigenvalue weighted by Crippen LogP contribution is -2.47. The van der Waals surface area contributed by atoms with Gasteiger partial charge >= 0.3 is 0 Å². The normalized spacial score (nSPS) is 26.9. The molecule has 2 heterocycles. The molecule has 5 heteroatoms. The number of nitrogens with zero attached hydrogens (tertiary/aromatic N) is 3. The first kappa shape index (κ1) is 11.0. The quantitative estimate of drug-likeness (QED) is 0.806. The van der Waals surface area contributed by atoms with Crippen LogP contribution in [0.5, 0.6) is 0 Å². The van der Waals surface area contributed by atoms with E-state index in [1.54, 1.807) is 20.0 Å². The molecule has 4 rings (SSSR count). The first-order chi connectivity index (χ1) is 17.0. The molecular formula is C23H29N3O2. The monoisotopic (exact) mass is 388 g/mol. The maximum Gasteiger partial charge on any atom is 0.230 e. The maximum atomic E-state index is 13.5. The third-order valence-corrected chi connectivity index (χ3v) is 5.71. The first-order valence-corrected chi connectivity index (χ1v) is 9.42. The number of hydrogen-bond acceptors (Lipinski definition) is 3. The lowest BCUT2D eigenvalue weighted by Gasteiger charge is -2.40. The van der Waals surface area contributed by atoms with Crippen molar-refractivity contribution in [2.75, 3.05) is 26.7 Å². The van der Waals surface area contributed by atoms with Crippen LogP contribution >= 0.6 is 0 Å². The highest BCUT2D eigenvalue weighted by Gasteiger charge is 2.37. The topological polar surface area (TPSA) is 45.6 Å². The number of hydrogen-bond donors (Lipinski definition) is 0. The number of rotatable bonds is 4. The summed E-state index contributed by atoms with van der Waals surface area (Å²) in [5.74, 6) is -1.80. The van der Waals surface area contributed by atoms with E-state index in [1.165, 1.54) is 10.6 Å². The van der Waals surface area contributed by atoms with Crippen LogP contribution in [0.1, 0.15) is 55.3 Å². The zero-order valence-corrected chi connectivity index (χ0v) is 16.0. The summed E-state index contributed by atoms with van der Waals surface area (Å²) in [4.78, 5) is 29.0. The van der Waals surface area contributed by atoms with Crippen molar-refractivity contribution in [3.8, 4) is 0 Å². The molecule has 1 aromatic heterocycles. The smallest absolute Gasteiger partial charge is 0.230 e. The van der Waals surface area contributed by atoms with Crippen molar-refractivity contribution in [3.63, 3.8) is 0 Å². The van der Waals surface area contributed by atoms with Crippen molar-refractivity contribution in [1.82, 2.24) is 14.4 Å². The number of amides is 1. The fourth-order valence-corrected chi connectivity index (χ4v) is 4.26. The van der Waals surface area contributed by atoms with Crippen LogP contribution in [-0.4, -0.2) is 58.9 Å². The molecule has 1 aliphatic heterocycles. The van der Waals surface area contributed by atoms with Crippen molar-refractivity contribution in [3.05, 3.63) is 41.5 Å². The van der Waals surface area contributed by atoms with Crippen LogP contribution in [0, 0.1) is 5.92 Å². The Morgan fingerprint density at radius 3 is 2.86 bits per heavy atom. The van der Waals surface area contributed by atoms with Gasteiger partial charge in [-0.3, -0.25) is 19.1 Å². The van der Waals surface area contributed by atoms with Gasteiger partial charge in [-0.1, -0.05) is 25.1 Å². The maximum absolute atomic E-state index is 13.5. The Bertz CT molecular complexity index is 1290. The van der Waals surface area contributed by atoms with E-state index in [1.807, 2.05) is 4.90 Å². The largest absolute Gasteiger partial charge is 0.343 e.